The van der Waals surface area contributed by atoms with E-state index in [2.05, 4.69) is 39.8 Å². The first-order valence-electron chi connectivity index (χ1n) is 13.2. The lowest BCUT2D eigenvalue weighted by Crippen LogP contribution is -2.55. The van der Waals surface area contributed by atoms with Gasteiger partial charge in [-0.2, -0.15) is 0 Å². The fraction of sp³-hybridized carbons (Fsp3) is 1.00. The highest BCUT2D eigenvalue weighted by atomic mass is 35.5. The van der Waals surface area contributed by atoms with E-state index in [4.69, 9.17) is 11.6 Å². The molecule has 3 heteroatoms. The molecular weight excluding hydrogens is 390 g/mol. The van der Waals surface area contributed by atoms with Gasteiger partial charge in [0.05, 0.1) is 0 Å². The van der Waals surface area contributed by atoms with E-state index in [-0.39, 0.29) is 0 Å². The first-order chi connectivity index (χ1) is 14.1. The van der Waals surface area contributed by atoms with Crippen LogP contribution in [0.5, 0.6) is 0 Å². The Bertz CT molecular complexity index is 636. The zero-order chi connectivity index (χ0) is 21.7. The van der Waals surface area contributed by atoms with Gasteiger partial charge in [0.25, 0.3) is 0 Å². The van der Waals surface area contributed by atoms with E-state index in [0.717, 1.165) is 54.8 Å². The molecule has 0 spiro atoms. The van der Waals surface area contributed by atoms with Crippen LogP contribution >= 0.6 is 11.6 Å². The number of hydrogen-bond donors (Lipinski definition) is 0. The fourth-order valence-corrected chi connectivity index (χ4v) is 9.59. The SMILES string of the molecule is CC(C)CCCC(C)C1CCC2C3CCC4CC(Cl)(N=O)CCC4(C)C3CCC12C. The summed E-state index contributed by atoms with van der Waals surface area (Å²) in [5, 5.41) is 3.35. The molecular formula is C27H46ClNO. The molecule has 0 aromatic carbocycles. The van der Waals surface area contributed by atoms with Gasteiger partial charge in [-0.15, -0.1) is 4.91 Å². The number of nitroso groups, excluding NO2 is 1. The lowest BCUT2D eigenvalue weighted by atomic mass is 9.44. The zero-order valence-electron chi connectivity index (χ0n) is 20.3. The predicted octanol–water partition coefficient (Wildman–Crippen LogP) is 8.81. The lowest BCUT2D eigenvalue weighted by molar-refractivity contribution is -0.118. The third kappa shape index (κ3) is 3.80. The maximum absolute atomic E-state index is 11.4. The van der Waals surface area contributed by atoms with Gasteiger partial charge in [0.2, 0.25) is 0 Å². The second kappa shape index (κ2) is 8.35. The monoisotopic (exact) mass is 435 g/mol. The molecule has 0 radical (unpaired) electrons. The molecule has 4 saturated carbocycles. The van der Waals surface area contributed by atoms with Crippen LogP contribution in [-0.2, 0) is 0 Å². The van der Waals surface area contributed by atoms with Crippen molar-refractivity contribution < 1.29 is 0 Å². The average Bonchev–Trinajstić information content (AvgIpc) is 3.05. The third-order valence-electron chi connectivity index (χ3n) is 11.0. The van der Waals surface area contributed by atoms with E-state index in [0.29, 0.717) is 16.7 Å². The summed E-state index contributed by atoms with van der Waals surface area (Å²) in [5.74, 6) is 5.93. The molecule has 0 aliphatic heterocycles. The number of nitrogens with zero attached hydrogens (tertiary/aromatic N) is 1. The number of halogens is 1. The fourth-order valence-electron chi connectivity index (χ4n) is 9.31. The van der Waals surface area contributed by atoms with Crippen LogP contribution in [0, 0.1) is 57.2 Å². The first kappa shape index (κ1) is 23.1. The molecule has 0 N–H and O–H groups in total. The molecule has 4 aliphatic carbocycles. The predicted molar refractivity (Wildman–Crippen MR) is 127 cm³/mol. The molecule has 0 amide bonds. The van der Waals surface area contributed by atoms with Gasteiger partial charge in [0.15, 0.2) is 5.00 Å². The highest BCUT2D eigenvalue weighted by molar-refractivity contribution is 6.23. The second-order valence-electron chi connectivity index (χ2n) is 12.9. The third-order valence-corrected chi connectivity index (χ3v) is 11.4. The summed E-state index contributed by atoms with van der Waals surface area (Å²) < 4.78 is 0. The van der Waals surface area contributed by atoms with Crippen LogP contribution in [0.4, 0.5) is 0 Å². The van der Waals surface area contributed by atoms with Gasteiger partial charge in [0, 0.05) is 0 Å². The molecule has 4 aliphatic rings. The van der Waals surface area contributed by atoms with Crippen LogP contribution in [0.2, 0.25) is 0 Å². The van der Waals surface area contributed by atoms with Crippen LogP contribution in [-0.4, -0.2) is 5.00 Å². The van der Waals surface area contributed by atoms with Crippen molar-refractivity contribution in [1.82, 2.24) is 0 Å². The highest BCUT2D eigenvalue weighted by Gasteiger charge is 2.61. The van der Waals surface area contributed by atoms with Crippen LogP contribution in [0.1, 0.15) is 112 Å². The first-order valence-corrected chi connectivity index (χ1v) is 13.5. The molecule has 0 saturated heterocycles. The number of rotatable bonds is 6. The van der Waals surface area contributed by atoms with Gasteiger partial charge >= 0.3 is 0 Å². The molecule has 0 aromatic rings. The average molecular weight is 436 g/mol. The highest BCUT2D eigenvalue weighted by Crippen LogP contribution is 2.69. The van der Waals surface area contributed by atoms with Crippen molar-refractivity contribution in [2.45, 2.75) is 117 Å². The van der Waals surface area contributed by atoms with Crippen molar-refractivity contribution in [3.05, 3.63) is 4.91 Å². The van der Waals surface area contributed by atoms with Crippen LogP contribution in [0.25, 0.3) is 0 Å². The molecule has 9 unspecified atom stereocenters. The van der Waals surface area contributed by atoms with E-state index in [9.17, 15) is 4.91 Å². The molecule has 9 atom stereocenters. The molecule has 4 rings (SSSR count). The largest absolute Gasteiger partial charge is 0.175 e. The lowest BCUT2D eigenvalue weighted by Gasteiger charge is -2.61. The van der Waals surface area contributed by atoms with Crippen LogP contribution in [0.3, 0.4) is 0 Å². The van der Waals surface area contributed by atoms with E-state index >= 15 is 0 Å². The maximum Gasteiger partial charge on any atom is 0.175 e. The Labute approximate surface area is 190 Å². The van der Waals surface area contributed by atoms with Crippen LogP contribution < -0.4 is 0 Å². The smallest absolute Gasteiger partial charge is 0.149 e. The number of alkyl halides is 1. The Kier molecular flexibility index (Phi) is 6.42. The van der Waals surface area contributed by atoms with Crippen molar-refractivity contribution in [2.24, 2.45) is 57.4 Å². The summed E-state index contributed by atoms with van der Waals surface area (Å²) in [6, 6.07) is 0. The van der Waals surface area contributed by atoms with Crippen LogP contribution in [0.15, 0.2) is 5.18 Å². The van der Waals surface area contributed by atoms with E-state index in [1.165, 1.54) is 57.8 Å². The minimum atomic E-state index is -0.815. The van der Waals surface area contributed by atoms with Crippen molar-refractivity contribution in [1.29, 1.82) is 0 Å². The van der Waals surface area contributed by atoms with Gasteiger partial charge in [-0.05, 0) is 115 Å². The molecule has 0 heterocycles. The molecule has 2 nitrogen and oxygen atoms in total. The molecule has 0 aromatic heterocycles. The Balaban J connectivity index is 1.47. The van der Waals surface area contributed by atoms with Gasteiger partial charge in [-0.1, -0.05) is 65.5 Å². The molecule has 0 bridgehead atoms. The summed E-state index contributed by atoms with van der Waals surface area (Å²) in [4.78, 5) is 10.5. The zero-order valence-corrected chi connectivity index (χ0v) is 21.0. The van der Waals surface area contributed by atoms with Crippen molar-refractivity contribution in [3.63, 3.8) is 0 Å². The van der Waals surface area contributed by atoms with Gasteiger partial charge in [0.1, 0.15) is 0 Å². The Morgan fingerprint density at radius 2 is 1.63 bits per heavy atom. The van der Waals surface area contributed by atoms with E-state index in [1.807, 2.05) is 0 Å². The topological polar surface area (TPSA) is 29.4 Å². The van der Waals surface area contributed by atoms with Crippen molar-refractivity contribution >= 4 is 11.6 Å². The molecule has 172 valence electrons. The van der Waals surface area contributed by atoms with Gasteiger partial charge in [-0.3, -0.25) is 0 Å². The van der Waals surface area contributed by atoms with Gasteiger partial charge < -0.3 is 0 Å². The Morgan fingerprint density at radius 3 is 2.33 bits per heavy atom. The number of fused-ring (bicyclic) bond motifs is 5. The van der Waals surface area contributed by atoms with Gasteiger partial charge in [-0.25, -0.2) is 0 Å². The van der Waals surface area contributed by atoms with E-state index in [1.54, 1.807) is 0 Å². The molecule has 30 heavy (non-hydrogen) atoms. The summed E-state index contributed by atoms with van der Waals surface area (Å²) in [6.45, 7) is 12.5. The minimum Gasteiger partial charge on any atom is -0.149 e. The standard InChI is InChI=1S/C27H46ClNO/c1-18(2)7-6-8-19(3)22-11-12-23-21-10-9-20-17-27(28,29-30)16-15-25(20,4)24(21)13-14-26(22,23)5/h18-24H,6-17H2,1-5H3. The number of hydrogen-bond acceptors (Lipinski definition) is 2. The summed E-state index contributed by atoms with van der Waals surface area (Å²) in [5.41, 5.74) is 0.950. The summed E-state index contributed by atoms with van der Waals surface area (Å²) in [7, 11) is 0. The minimum absolute atomic E-state index is 0.383. The van der Waals surface area contributed by atoms with Crippen molar-refractivity contribution in [3.8, 4) is 0 Å². The summed E-state index contributed by atoms with van der Waals surface area (Å²) in [6.07, 6.45) is 15.3. The summed E-state index contributed by atoms with van der Waals surface area (Å²) >= 11 is 6.56. The van der Waals surface area contributed by atoms with E-state index < -0.39 is 5.00 Å². The Morgan fingerprint density at radius 1 is 0.900 bits per heavy atom. The van der Waals surface area contributed by atoms with Crippen molar-refractivity contribution in [2.75, 3.05) is 0 Å². The maximum atomic E-state index is 11.4. The molecule has 4 fully saturated rings. The normalized spacial score (nSPS) is 49.2. The quantitative estimate of drug-likeness (QED) is 0.232. The Hall–Kier alpha value is -0.110. The second-order valence-corrected chi connectivity index (χ2v) is 13.6.